The van der Waals surface area contributed by atoms with Crippen molar-refractivity contribution in [1.29, 1.82) is 0 Å². The fraction of sp³-hybridized carbons (Fsp3) is 0.261. The summed E-state index contributed by atoms with van der Waals surface area (Å²) in [4.78, 5) is 12.6. The highest BCUT2D eigenvalue weighted by Gasteiger charge is 2.27. The van der Waals surface area contributed by atoms with Crippen LogP contribution in [0, 0.1) is 12.7 Å². The van der Waals surface area contributed by atoms with E-state index in [1.54, 1.807) is 30.2 Å². The normalized spacial score (nSPS) is 11.3. The molecule has 0 radical (unpaired) electrons. The maximum atomic E-state index is 13.4. The highest BCUT2D eigenvalue weighted by Crippen LogP contribution is 2.24. The fourth-order valence-electron chi connectivity index (χ4n) is 2.92. The molecule has 0 spiro atoms. The van der Waals surface area contributed by atoms with E-state index in [9.17, 15) is 17.6 Å². The zero-order chi connectivity index (χ0) is 23.0. The molecule has 6 nitrogen and oxygen atoms in total. The number of hydrogen-bond acceptors (Lipinski definition) is 5. The summed E-state index contributed by atoms with van der Waals surface area (Å²) in [6, 6.07) is 15.2. The molecule has 0 fully saturated rings. The number of carbonyl (C=O) groups is 1. The Bertz CT molecular complexity index is 1100. The van der Waals surface area contributed by atoms with Crippen molar-refractivity contribution in [2.75, 3.05) is 23.1 Å². The maximum Gasteiger partial charge on any atom is 0.264 e. The Balaban J connectivity index is 1.61. The minimum atomic E-state index is -4.01. The number of nitrogens with zero attached hydrogens (tertiary/aromatic N) is 1. The zero-order valence-corrected chi connectivity index (χ0v) is 19.3. The number of thioether (sulfide) groups is 1. The van der Waals surface area contributed by atoms with Crippen LogP contribution < -0.4 is 9.62 Å². The maximum absolute atomic E-state index is 13.4. The molecule has 3 rings (SSSR count). The lowest BCUT2D eigenvalue weighted by molar-refractivity contribution is -0.119. The quantitative estimate of drug-likeness (QED) is 0.416. The van der Waals surface area contributed by atoms with Crippen LogP contribution >= 0.6 is 11.8 Å². The van der Waals surface area contributed by atoms with Gasteiger partial charge in [-0.3, -0.25) is 9.10 Å². The predicted octanol–water partition coefficient (Wildman–Crippen LogP) is 4.36. The molecular weight excluding hydrogens is 451 g/mol. The van der Waals surface area contributed by atoms with Crippen LogP contribution in [0.25, 0.3) is 0 Å². The molecule has 2 aromatic carbocycles. The number of halogens is 1. The first-order valence-electron chi connectivity index (χ1n) is 10.1. The van der Waals surface area contributed by atoms with E-state index in [1.165, 1.54) is 36.4 Å². The van der Waals surface area contributed by atoms with Gasteiger partial charge in [0.15, 0.2) is 0 Å². The standard InChI is InChI=1S/C23H25FN2O4S2/c1-18-5-11-22(12-6-18)32(28,29)26(20-9-7-19(24)8-10-20)16-23(27)25-13-3-15-31-17-21-4-2-14-30-21/h2,4-12,14H,3,13,15-17H2,1H3,(H,25,27). The van der Waals surface area contributed by atoms with Crippen LogP contribution in [0.15, 0.2) is 76.2 Å². The fourth-order valence-corrected chi connectivity index (χ4v) is 5.19. The van der Waals surface area contributed by atoms with E-state index in [4.69, 9.17) is 4.42 Å². The van der Waals surface area contributed by atoms with E-state index < -0.39 is 28.3 Å². The van der Waals surface area contributed by atoms with E-state index >= 15 is 0 Å². The van der Waals surface area contributed by atoms with E-state index in [1.807, 2.05) is 19.1 Å². The molecule has 32 heavy (non-hydrogen) atoms. The van der Waals surface area contributed by atoms with E-state index in [0.717, 1.165) is 33.6 Å². The number of anilines is 1. The summed E-state index contributed by atoms with van der Waals surface area (Å²) in [6.45, 7) is 1.88. The van der Waals surface area contributed by atoms with Crippen molar-refractivity contribution in [2.24, 2.45) is 0 Å². The summed E-state index contributed by atoms with van der Waals surface area (Å²) in [7, 11) is -4.01. The molecule has 0 saturated carbocycles. The average molecular weight is 477 g/mol. The lowest BCUT2D eigenvalue weighted by Gasteiger charge is -2.24. The Morgan fingerprint density at radius 2 is 1.81 bits per heavy atom. The Labute approximate surface area is 191 Å². The third-order valence-electron chi connectivity index (χ3n) is 4.62. The molecule has 1 amide bonds. The first kappa shape index (κ1) is 23.9. The smallest absolute Gasteiger partial charge is 0.264 e. The molecule has 1 heterocycles. The van der Waals surface area contributed by atoms with Crippen LogP contribution in [0.4, 0.5) is 10.1 Å². The molecule has 0 aliphatic heterocycles. The Kier molecular flexibility index (Phi) is 8.35. The van der Waals surface area contributed by atoms with Gasteiger partial charge in [-0.2, -0.15) is 11.8 Å². The van der Waals surface area contributed by atoms with Crippen LogP contribution in [-0.2, 0) is 20.6 Å². The number of rotatable bonds is 11. The van der Waals surface area contributed by atoms with Gasteiger partial charge < -0.3 is 9.73 Å². The molecule has 0 saturated heterocycles. The molecule has 1 aromatic heterocycles. The molecule has 3 aromatic rings. The van der Waals surface area contributed by atoms with Crippen LogP contribution in [0.1, 0.15) is 17.7 Å². The molecular formula is C23H25FN2O4S2. The Morgan fingerprint density at radius 3 is 2.47 bits per heavy atom. The molecule has 0 bridgehead atoms. The van der Waals surface area contributed by atoms with Gasteiger partial charge in [-0.15, -0.1) is 0 Å². The lowest BCUT2D eigenvalue weighted by atomic mass is 10.2. The number of furan rings is 1. The second-order valence-electron chi connectivity index (χ2n) is 7.14. The minimum absolute atomic E-state index is 0.0644. The summed E-state index contributed by atoms with van der Waals surface area (Å²) >= 11 is 1.69. The molecule has 0 unspecified atom stereocenters. The summed E-state index contributed by atoms with van der Waals surface area (Å²) < 4.78 is 46.1. The van der Waals surface area contributed by atoms with E-state index in [2.05, 4.69) is 5.32 Å². The zero-order valence-electron chi connectivity index (χ0n) is 17.7. The van der Waals surface area contributed by atoms with Gasteiger partial charge in [-0.1, -0.05) is 17.7 Å². The summed E-state index contributed by atoms with van der Waals surface area (Å²) in [6.07, 6.45) is 2.37. The molecule has 170 valence electrons. The van der Waals surface area contributed by atoms with Crippen molar-refractivity contribution in [3.8, 4) is 0 Å². The van der Waals surface area contributed by atoms with Gasteiger partial charge in [-0.05, 0) is 67.6 Å². The Morgan fingerprint density at radius 1 is 1.09 bits per heavy atom. The topological polar surface area (TPSA) is 79.6 Å². The summed E-state index contributed by atoms with van der Waals surface area (Å²) in [5, 5.41) is 2.76. The van der Waals surface area contributed by atoms with Gasteiger partial charge in [0.1, 0.15) is 18.1 Å². The molecule has 9 heteroatoms. The highest BCUT2D eigenvalue weighted by molar-refractivity contribution is 7.98. The largest absolute Gasteiger partial charge is 0.468 e. The van der Waals surface area contributed by atoms with E-state index in [-0.39, 0.29) is 10.6 Å². The SMILES string of the molecule is Cc1ccc(S(=O)(=O)N(CC(=O)NCCCSCc2ccco2)c2ccc(F)cc2)cc1. The van der Waals surface area contributed by atoms with Crippen molar-refractivity contribution in [3.05, 3.63) is 84.1 Å². The number of nitrogens with one attached hydrogen (secondary N) is 1. The van der Waals surface area contributed by atoms with Gasteiger partial charge in [0.2, 0.25) is 5.91 Å². The van der Waals surface area contributed by atoms with Crippen molar-refractivity contribution in [1.82, 2.24) is 5.32 Å². The molecule has 0 aliphatic carbocycles. The monoisotopic (exact) mass is 476 g/mol. The third-order valence-corrected chi connectivity index (χ3v) is 7.48. The number of hydrogen-bond donors (Lipinski definition) is 1. The highest BCUT2D eigenvalue weighted by atomic mass is 32.2. The number of aryl methyl sites for hydroxylation is 1. The third kappa shape index (κ3) is 6.61. The van der Waals surface area contributed by atoms with Gasteiger partial charge in [0.25, 0.3) is 10.0 Å². The van der Waals surface area contributed by atoms with Crippen molar-refractivity contribution >= 4 is 33.4 Å². The first-order chi connectivity index (χ1) is 15.4. The second-order valence-corrected chi connectivity index (χ2v) is 10.1. The van der Waals surface area contributed by atoms with Crippen LogP contribution in [-0.4, -0.2) is 33.2 Å². The number of amides is 1. The van der Waals surface area contributed by atoms with E-state index in [0.29, 0.717) is 6.54 Å². The van der Waals surface area contributed by atoms with Crippen molar-refractivity contribution in [2.45, 2.75) is 24.0 Å². The summed E-state index contributed by atoms with van der Waals surface area (Å²) in [5.74, 6) is 1.56. The average Bonchev–Trinajstić information content (AvgIpc) is 3.29. The number of benzene rings is 2. The van der Waals surface area contributed by atoms with Gasteiger partial charge in [0, 0.05) is 6.54 Å². The number of carbonyl (C=O) groups excluding carboxylic acids is 1. The second kappa shape index (κ2) is 11.2. The molecule has 1 N–H and O–H groups in total. The molecule has 0 aliphatic rings. The predicted molar refractivity (Wildman–Crippen MR) is 125 cm³/mol. The van der Waals surface area contributed by atoms with Crippen molar-refractivity contribution < 1.29 is 22.0 Å². The lowest BCUT2D eigenvalue weighted by Crippen LogP contribution is -2.41. The van der Waals surface area contributed by atoms with Gasteiger partial charge in [-0.25, -0.2) is 12.8 Å². The minimum Gasteiger partial charge on any atom is -0.468 e. The van der Waals surface area contributed by atoms with Crippen LogP contribution in [0.5, 0.6) is 0 Å². The first-order valence-corrected chi connectivity index (χ1v) is 12.7. The van der Waals surface area contributed by atoms with Crippen LogP contribution in [0.2, 0.25) is 0 Å². The van der Waals surface area contributed by atoms with Crippen molar-refractivity contribution in [3.63, 3.8) is 0 Å². The molecule has 0 atom stereocenters. The van der Waals surface area contributed by atoms with Gasteiger partial charge >= 0.3 is 0 Å². The Hall–Kier alpha value is -2.78. The number of sulfonamides is 1. The van der Waals surface area contributed by atoms with Gasteiger partial charge in [0.05, 0.1) is 22.6 Å². The van der Waals surface area contributed by atoms with Crippen LogP contribution in [0.3, 0.4) is 0 Å². The summed E-state index contributed by atoms with van der Waals surface area (Å²) in [5.41, 5.74) is 1.14.